The number of fused-ring (bicyclic) bond motifs is 1. The van der Waals surface area contributed by atoms with Gasteiger partial charge in [-0.25, -0.2) is 9.18 Å². The Hall–Kier alpha value is -4.06. The monoisotopic (exact) mass is 562 g/mol. The molecule has 2 aliphatic heterocycles. The van der Waals surface area contributed by atoms with Gasteiger partial charge in [-0.1, -0.05) is 48.5 Å². The molecule has 2 amide bonds. The maximum Gasteiger partial charge on any atom is 0.490 e. The molecule has 0 radical (unpaired) electrons. The number of rotatable bonds is 7. The number of halogens is 4. The fourth-order valence-electron chi connectivity index (χ4n) is 4.35. The summed E-state index contributed by atoms with van der Waals surface area (Å²) in [5.41, 5.74) is 9.62. The number of amides is 2. The van der Waals surface area contributed by atoms with Crippen molar-refractivity contribution in [3.63, 3.8) is 0 Å². The highest BCUT2D eigenvalue weighted by molar-refractivity contribution is 5.89. The average molecular weight is 563 g/mol. The highest BCUT2D eigenvalue weighted by Crippen LogP contribution is 2.25. The largest absolute Gasteiger partial charge is 0.490 e. The van der Waals surface area contributed by atoms with Gasteiger partial charge in [0.15, 0.2) is 0 Å². The van der Waals surface area contributed by atoms with Crippen molar-refractivity contribution in [1.82, 2.24) is 10.2 Å². The standard InChI is InChI=1S/C26H29FN4O2.C2HF3O2/c27-23-11-4-3-8-19(23)13-21(28)15-25(32)31-17-20-9-2-1-7-18(20)14-24(31)26(33)30-16-22-10-5-6-12-29-22;3-2(4,5)1(6)7/h1-4,7-12,21,24H,5-6,13-17,28H2,(H,30,33);(H,6,7)/t21?,24-;/m0./s1. The van der Waals surface area contributed by atoms with Gasteiger partial charge in [0.25, 0.3) is 0 Å². The van der Waals surface area contributed by atoms with Crippen molar-refractivity contribution in [2.24, 2.45) is 10.7 Å². The van der Waals surface area contributed by atoms with E-state index >= 15 is 0 Å². The molecule has 0 saturated carbocycles. The lowest BCUT2D eigenvalue weighted by atomic mass is 9.92. The maximum atomic E-state index is 14.0. The van der Waals surface area contributed by atoms with E-state index < -0.39 is 24.2 Å². The summed E-state index contributed by atoms with van der Waals surface area (Å²) in [5, 5.41) is 10.1. The van der Waals surface area contributed by atoms with E-state index in [4.69, 9.17) is 15.6 Å². The van der Waals surface area contributed by atoms with Gasteiger partial charge in [-0.05, 0) is 42.0 Å². The summed E-state index contributed by atoms with van der Waals surface area (Å²) >= 11 is 0. The number of carboxylic acids is 1. The molecule has 0 spiro atoms. The molecule has 0 saturated heterocycles. The number of nitrogens with two attached hydrogens (primary N) is 1. The first-order chi connectivity index (χ1) is 19.0. The van der Waals surface area contributed by atoms with Gasteiger partial charge < -0.3 is 21.1 Å². The highest BCUT2D eigenvalue weighted by atomic mass is 19.4. The predicted molar refractivity (Wildman–Crippen MR) is 140 cm³/mol. The number of aliphatic imine (C=N–C) groups is 1. The minimum atomic E-state index is -5.08. The molecule has 214 valence electrons. The topological polar surface area (TPSA) is 125 Å². The second-order valence-electron chi connectivity index (χ2n) is 9.38. The second kappa shape index (κ2) is 13.8. The van der Waals surface area contributed by atoms with Crippen LogP contribution in [0.25, 0.3) is 0 Å². The Morgan fingerprint density at radius 1 is 1.07 bits per heavy atom. The third-order valence-electron chi connectivity index (χ3n) is 6.37. The average Bonchev–Trinajstić information content (AvgIpc) is 2.92. The van der Waals surface area contributed by atoms with Crippen molar-refractivity contribution in [1.29, 1.82) is 0 Å². The van der Waals surface area contributed by atoms with Crippen molar-refractivity contribution >= 4 is 24.0 Å². The van der Waals surface area contributed by atoms with E-state index in [-0.39, 0.29) is 30.5 Å². The van der Waals surface area contributed by atoms with Crippen LogP contribution in [0.4, 0.5) is 17.6 Å². The van der Waals surface area contributed by atoms with Gasteiger partial charge in [0.1, 0.15) is 11.9 Å². The Morgan fingerprint density at radius 3 is 2.35 bits per heavy atom. The van der Waals surface area contributed by atoms with Crippen molar-refractivity contribution in [2.75, 3.05) is 6.54 Å². The molecule has 1 unspecified atom stereocenters. The first-order valence-corrected chi connectivity index (χ1v) is 12.6. The number of hydrogen-bond donors (Lipinski definition) is 3. The van der Waals surface area contributed by atoms with E-state index in [2.05, 4.69) is 10.3 Å². The van der Waals surface area contributed by atoms with Crippen LogP contribution in [0.5, 0.6) is 0 Å². The lowest BCUT2D eigenvalue weighted by Gasteiger charge is -2.36. The summed E-state index contributed by atoms with van der Waals surface area (Å²) in [4.78, 5) is 41.2. The van der Waals surface area contributed by atoms with E-state index in [0.717, 1.165) is 29.7 Å². The molecule has 2 heterocycles. The Balaban J connectivity index is 0.000000559. The van der Waals surface area contributed by atoms with Gasteiger partial charge in [-0.15, -0.1) is 0 Å². The number of carbonyl (C=O) groups excluding carboxylic acids is 2. The predicted octanol–water partition coefficient (Wildman–Crippen LogP) is 3.54. The van der Waals surface area contributed by atoms with E-state index in [1.165, 1.54) is 6.07 Å². The van der Waals surface area contributed by atoms with Gasteiger partial charge in [-0.3, -0.25) is 14.6 Å². The van der Waals surface area contributed by atoms with Crippen molar-refractivity contribution < 1.29 is 37.1 Å². The molecule has 2 aliphatic rings. The van der Waals surface area contributed by atoms with Crippen LogP contribution < -0.4 is 11.1 Å². The molecule has 4 rings (SSSR count). The SMILES string of the molecule is NC(CC(=O)N1Cc2ccccc2C[C@H]1C(=O)NCC1=CCCC=N1)Cc1ccccc1F.O=C(O)C(F)(F)F. The molecule has 12 heteroatoms. The number of nitrogens with zero attached hydrogens (tertiary/aromatic N) is 2. The molecule has 2 aromatic carbocycles. The smallest absolute Gasteiger partial charge is 0.475 e. The third kappa shape index (κ3) is 8.73. The number of allylic oxidation sites excluding steroid dienone is 1. The van der Waals surface area contributed by atoms with Crippen molar-refractivity contribution in [3.8, 4) is 0 Å². The van der Waals surface area contributed by atoms with Crippen LogP contribution >= 0.6 is 0 Å². The fraction of sp³-hybridized carbons (Fsp3) is 0.357. The molecule has 2 aromatic rings. The van der Waals surface area contributed by atoms with Crippen LogP contribution in [0.1, 0.15) is 36.0 Å². The van der Waals surface area contributed by atoms with Gasteiger partial charge in [0.05, 0.1) is 12.2 Å². The third-order valence-corrected chi connectivity index (χ3v) is 6.37. The minimum absolute atomic E-state index is 0.0374. The van der Waals surface area contributed by atoms with E-state index in [9.17, 15) is 27.2 Å². The van der Waals surface area contributed by atoms with Crippen LogP contribution in [0.3, 0.4) is 0 Å². The van der Waals surface area contributed by atoms with Crippen LogP contribution in [0, 0.1) is 5.82 Å². The fourth-order valence-corrected chi connectivity index (χ4v) is 4.35. The molecule has 0 fully saturated rings. The lowest BCUT2D eigenvalue weighted by Crippen LogP contribution is -2.53. The number of alkyl halides is 3. The Morgan fingerprint density at radius 2 is 1.73 bits per heavy atom. The normalized spacial score (nSPS) is 17.1. The van der Waals surface area contributed by atoms with E-state index in [1.807, 2.05) is 36.6 Å². The van der Waals surface area contributed by atoms with Gasteiger partial charge in [-0.2, -0.15) is 13.2 Å². The molecule has 8 nitrogen and oxygen atoms in total. The quantitative estimate of drug-likeness (QED) is 0.446. The molecule has 4 N–H and O–H groups in total. The van der Waals surface area contributed by atoms with E-state index in [1.54, 1.807) is 23.1 Å². The van der Waals surface area contributed by atoms with Crippen LogP contribution in [-0.2, 0) is 33.8 Å². The number of nitrogens with one attached hydrogen (secondary N) is 1. The van der Waals surface area contributed by atoms with Crippen LogP contribution in [0.15, 0.2) is 65.3 Å². The molecule has 0 aliphatic carbocycles. The van der Waals surface area contributed by atoms with Crippen molar-refractivity contribution in [2.45, 2.75) is 56.9 Å². The van der Waals surface area contributed by atoms with Gasteiger partial charge in [0, 0.05) is 31.6 Å². The minimum Gasteiger partial charge on any atom is -0.475 e. The Bertz CT molecular complexity index is 1280. The van der Waals surface area contributed by atoms with E-state index in [0.29, 0.717) is 25.1 Å². The summed E-state index contributed by atoms with van der Waals surface area (Å²) in [6.45, 7) is 0.683. The summed E-state index contributed by atoms with van der Waals surface area (Å²) < 4.78 is 45.7. The van der Waals surface area contributed by atoms with Gasteiger partial charge >= 0.3 is 12.1 Å². The molecule has 40 heavy (non-hydrogen) atoms. The Labute approximate surface area is 228 Å². The summed E-state index contributed by atoms with van der Waals surface area (Å²) in [6, 6.07) is 13.1. The van der Waals surface area contributed by atoms with Crippen molar-refractivity contribution in [3.05, 3.63) is 82.8 Å². The summed E-state index contributed by atoms with van der Waals surface area (Å²) in [5.74, 6) is -3.50. The lowest BCUT2D eigenvalue weighted by molar-refractivity contribution is -0.192. The zero-order valence-electron chi connectivity index (χ0n) is 21.5. The molecule has 0 bridgehead atoms. The molecular formula is C28H30F4N4O4. The van der Waals surface area contributed by atoms with Crippen LogP contribution in [0.2, 0.25) is 0 Å². The number of benzene rings is 2. The highest BCUT2D eigenvalue weighted by Gasteiger charge is 2.38. The summed E-state index contributed by atoms with van der Waals surface area (Å²) in [7, 11) is 0. The van der Waals surface area contributed by atoms with Gasteiger partial charge in [0.2, 0.25) is 11.8 Å². The number of carboxylic acid groups (broad SMARTS) is 1. The number of hydrogen-bond acceptors (Lipinski definition) is 5. The zero-order valence-corrected chi connectivity index (χ0v) is 21.5. The molecule has 0 aromatic heterocycles. The molecular weight excluding hydrogens is 532 g/mol. The second-order valence-corrected chi connectivity index (χ2v) is 9.38. The molecule has 2 atom stereocenters. The first-order valence-electron chi connectivity index (χ1n) is 12.6. The Kier molecular flexibility index (Phi) is 10.5. The number of carbonyl (C=O) groups is 3. The van der Waals surface area contributed by atoms with Crippen LogP contribution in [-0.4, -0.2) is 58.8 Å². The maximum absolute atomic E-state index is 14.0. The first kappa shape index (κ1) is 30.5. The summed E-state index contributed by atoms with van der Waals surface area (Å²) in [6.07, 6.45) is 1.34. The number of aliphatic carboxylic acids is 1. The zero-order chi connectivity index (χ0) is 29.3.